The molecule has 0 aromatic heterocycles. The van der Waals surface area contributed by atoms with Gasteiger partial charge in [-0.3, -0.25) is 4.79 Å². The lowest BCUT2D eigenvalue weighted by Gasteiger charge is -2.22. The normalized spacial score (nSPS) is 37.5. The lowest BCUT2D eigenvalue weighted by Crippen LogP contribution is -2.45. The van der Waals surface area contributed by atoms with Gasteiger partial charge in [0, 0.05) is 5.92 Å². The quantitative estimate of drug-likeness (QED) is 0.643. The molecular weight excluding hydrogens is 138 g/mol. The molecule has 0 bridgehead atoms. The first-order valence-electron chi connectivity index (χ1n) is 4.52. The second-order valence-corrected chi connectivity index (χ2v) is 4.00. The first kappa shape index (κ1) is 7.29. The third-order valence-corrected chi connectivity index (χ3v) is 2.86. The van der Waals surface area contributed by atoms with E-state index in [4.69, 9.17) is 0 Å². The highest BCUT2D eigenvalue weighted by Crippen LogP contribution is 2.36. The van der Waals surface area contributed by atoms with Crippen molar-refractivity contribution in [2.24, 2.45) is 5.92 Å². The van der Waals surface area contributed by atoms with Crippen LogP contribution < -0.4 is 5.32 Å². The summed E-state index contributed by atoms with van der Waals surface area (Å²) in [5, 5.41) is 3.30. The predicted octanol–water partition coefficient (Wildman–Crippen LogP) is 1.11. The predicted molar refractivity (Wildman–Crippen MR) is 43.4 cm³/mol. The number of rotatable bonds is 2. The molecule has 1 N–H and O–H groups in total. The Morgan fingerprint density at radius 3 is 2.73 bits per heavy atom. The average Bonchev–Trinajstić information content (AvgIpc) is 2.74. The van der Waals surface area contributed by atoms with E-state index in [9.17, 15) is 4.79 Å². The molecule has 1 atom stereocenters. The van der Waals surface area contributed by atoms with Crippen molar-refractivity contribution in [3.63, 3.8) is 0 Å². The first-order valence-corrected chi connectivity index (χ1v) is 4.52. The fraction of sp³-hybridized carbons (Fsp3) is 0.889. The van der Waals surface area contributed by atoms with Crippen LogP contribution in [0.25, 0.3) is 0 Å². The molecule has 1 unspecified atom stereocenters. The van der Waals surface area contributed by atoms with Crippen molar-refractivity contribution in [2.75, 3.05) is 6.54 Å². The van der Waals surface area contributed by atoms with Crippen molar-refractivity contribution in [1.82, 2.24) is 5.32 Å². The standard InChI is InChI=1S/C9H15NO/c1-9(5-2-6-10-9)8(11)7-3-4-7/h7,10H,2-6H2,1H3. The van der Waals surface area contributed by atoms with Crippen molar-refractivity contribution in [3.05, 3.63) is 0 Å². The van der Waals surface area contributed by atoms with Crippen LogP contribution in [-0.2, 0) is 4.79 Å². The van der Waals surface area contributed by atoms with Crippen molar-refractivity contribution < 1.29 is 4.79 Å². The Kier molecular flexibility index (Phi) is 1.53. The van der Waals surface area contributed by atoms with E-state index in [2.05, 4.69) is 12.2 Å². The number of ketones is 1. The van der Waals surface area contributed by atoms with Gasteiger partial charge in [0.2, 0.25) is 0 Å². The lowest BCUT2D eigenvalue weighted by atomic mass is 9.92. The number of hydrogen-bond acceptors (Lipinski definition) is 2. The zero-order valence-electron chi connectivity index (χ0n) is 7.02. The van der Waals surface area contributed by atoms with Gasteiger partial charge in [0.05, 0.1) is 5.54 Å². The van der Waals surface area contributed by atoms with E-state index in [0.29, 0.717) is 11.7 Å². The zero-order chi connectivity index (χ0) is 7.90. The zero-order valence-corrected chi connectivity index (χ0v) is 7.02. The molecule has 0 amide bonds. The van der Waals surface area contributed by atoms with Gasteiger partial charge in [0.15, 0.2) is 5.78 Å². The minimum absolute atomic E-state index is 0.152. The highest BCUT2D eigenvalue weighted by atomic mass is 16.1. The van der Waals surface area contributed by atoms with Gasteiger partial charge in [-0.05, 0) is 39.2 Å². The van der Waals surface area contributed by atoms with E-state index >= 15 is 0 Å². The summed E-state index contributed by atoms with van der Waals surface area (Å²) in [5.74, 6) is 0.876. The Morgan fingerprint density at radius 2 is 2.27 bits per heavy atom. The SMILES string of the molecule is CC1(C(=O)C2CC2)CCCN1. The molecule has 0 aromatic carbocycles. The maximum Gasteiger partial charge on any atom is 0.155 e. The third kappa shape index (κ3) is 1.20. The molecule has 62 valence electrons. The molecule has 0 spiro atoms. The summed E-state index contributed by atoms with van der Waals surface area (Å²) < 4.78 is 0. The van der Waals surface area contributed by atoms with Crippen LogP contribution in [0.1, 0.15) is 32.6 Å². The molecule has 2 heteroatoms. The van der Waals surface area contributed by atoms with Crippen LogP contribution in [0.5, 0.6) is 0 Å². The minimum atomic E-state index is -0.152. The van der Waals surface area contributed by atoms with Crippen LogP contribution in [0, 0.1) is 5.92 Å². The second-order valence-electron chi connectivity index (χ2n) is 4.00. The Bertz CT molecular complexity index is 178. The van der Waals surface area contributed by atoms with Crippen molar-refractivity contribution in [1.29, 1.82) is 0 Å². The van der Waals surface area contributed by atoms with Crippen LogP contribution in [0.2, 0.25) is 0 Å². The van der Waals surface area contributed by atoms with Gasteiger partial charge >= 0.3 is 0 Å². The smallest absolute Gasteiger partial charge is 0.155 e. The van der Waals surface area contributed by atoms with Crippen LogP contribution >= 0.6 is 0 Å². The summed E-state index contributed by atoms with van der Waals surface area (Å²) in [7, 11) is 0. The van der Waals surface area contributed by atoms with E-state index in [1.807, 2.05) is 0 Å². The Balaban J connectivity index is 2.05. The van der Waals surface area contributed by atoms with Crippen LogP contribution in [0.15, 0.2) is 0 Å². The topological polar surface area (TPSA) is 29.1 Å². The van der Waals surface area contributed by atoms with Crippen molar-refractivity contribution in [2.45, 2.75) is 38.1 Å². The molecule has 11 heavy (non-hydrogen) atoms. The van der Waals surface area contributed by atoms with Gasteiger partial charge in [-0.15, -0.1) is 0 Å². The molecule has 2 nitrogen and oxygen atoms in total. The second kappa shape index (κ2) is 2.31. The van der Waals surface area contributed by atoms with E-state index in [0.717, 1.165) is 32.2 Å². The minimum Gasteiger partial charge on any atom is -0.305 e. The van der Waals surface area contributed by atoms with E-state index in [-0.39, 0.29) is 5.54 Å². The molecule has 1 aliphatic carbocycles. The largest absolute Gasteiger partial charge is 0.305 e. The summed E-state index contributed by atoms with van der Waals surface area (Å²) in [6, 6.07) is 0. The summed E-state index contributed by atoms with van der Waals surface area (Å²) in [5.41, 5.74) is -0.152. The first-order chi connectivity index (χ1) is 5.22. The molecule has 2 rings (SSSR count). The van der Waals surface area contributed by atoms with Crippen LogP contribution in [0.3, 0.4) is 0 Å². The molecule has 1 heterocycles. The van der Waals surface area contributed by atoms with Gasteiger partial charge in [0.25, 0.3) is 0 Å². The monoisotopic (exact) mass is 153 g/mol. The molecule has 0 radical (unpaired) electrons. The fourth-order valence-corrected chi connectivity index (χ4v) is 1.90. The number of carbonyl (C=O) groups excluding carboxylic acids is 1. The van der Waals surface area contributed by atoms with Gasteiger partial charge < -0.3 is 5.32 Å². The number of Topliss-reactive ketones (excluding diaryl/α,β-unsaturated/α-hetero) is 1. The molecular formula is C9H15NO. The molecule has 2 aliphatic rings. The average molecular weight is 153 g/mol. The van der Waals surface area contributed by atoms with Crippen molar-refractivity contribution >= 4 is 5.78 Å². The van der Waals surface area contributed by atoms with Gasteiger partial charge in [-0.2, -0.15) is 0 Å². The molecule has 2 fully saturated rings. The number of nitrogens with one attached hydrogen (secondary N) is 1. The van der Waals surface area contributed by atoms with Crippen LogP contribution in [0.4, 0.5) is 0 Å². The third-order valence-electron chi connectivity index (χ3n) is 2.86. The van der Waals surface area contributed by atoms with E-state index < -0.39 is 0 Å². The Hall–Kier alpha value is -0.370. The maximum absolute atomic E-state index is 11.7. The highest BCUT2D eigenvalue weighted by molar-refractivity contribution is 5.92. The molecule has 0 aromatic rings. The van der Waals surface area contributed by atoms with E-state index in [1.165, 1.54) is 0 Å². The Morgan fingerprint density at radius 1 is 1.55 bits per heavy atom. The highest BCUT2D eigenvalue weighted by Gasteiger charge is 2.43. The fourth-order valence-electron chi connectivity index (χ4n) is 1.90. The van der Waals surface area contributed by atoms with Gasteiger partial charge in [-0.1, -0.05) is 0 Å². The summed E-state index contributed by atoms with van der Waals surface area (Å²) in [4.78, 5) is 11.7. The molecule has 1 saturated carbocycles. The summed E-state index contributed by atoms with van der Waals surface area (Å²) in [6.07, 6.45) is 4.48. The van der Waals surface area contributed by atoms with E-state index in [1.54, 1.807) is 0 Å². The summed E-state index contributed by atoms with van der Waals surface area (Å²) in [6.45, 7) is 3.08. The summed E-state index contributed by atoms with van der Waals surface area (Å²) >= 11 is 0. The van der Waals surface area contributed by atoms with Crippen molar-refractivity contribution in [3.8, 4) is 0 Å². The van der Waals surface area contributed by atoms with Gasteiger partial charge in [-0.25, -0.2) is 0 Å². The number of hydrogen-bond donors (Lipinski definition) is 1. The Labute approximate surface area is 67.4 Å². The molecule has 1 aliphatic heterocycles. The number of carbonyl (C=O) groups is 1. The maximum atomic E-state index is 11.7. The van der Waals surface area contributed by atoms with Crippen LogP contribution in [-0.4, -0.2) is 17.9 Å². The van der Waals surface area contributed by atoms with Gasteiger partial charge in [0.1, 0.15) is 0 Å². The lowest BCUT2D eigenvalue weighted by molar-refractivity contribution is -0.125. The molecule has 1 saturated heterocycles.